The van der Waals surface area contributed by atoms with E-state index in [1.54, 1.807) is 6.92 Å². The molecule has 3 aromatic carbocycles. The number of hydrogen-bond donors (Lipinski definition) is 1. The number of rotatable bonds is 4. The van der Waals surface area contributed by atoms with Gasteiger partial charge in [-0.3, -0.25) is 9.78 Å². The zero-order chi connectivity index (χ0) is 22.9. The Labute approximate surface area is 192 Å². The van der Waals surface area contributed by atoms with Gasteiger partial charge in [-0.05, 0) is 31.5 Å². The van der Waals surface area contributed by atoms with Gasteiger partial charge >= 0.3 is 5.97 Å². The summed E-state index contributed by atoms with van der Waals surface area (Å²) < 4.78 is 5.69. The van der Waals surface area contributed by atoms with Gasteiger partial charge < -0.3 is 15.0 Å². The summed E-state index contributed by atoms with van der Waals surface area (Å²) in [5.74, 6) is -0.871. The Bertz CT molecular complexity index is 1380. The van der Waals surface area contributed by atoms with Gasteiger partial charge in [0, 0.05) is 47.2 Å². The third-order valence-corrected chi connectivity index (χ3v) is 6.14. The molecule has 1 atom stereocenters. The summed E-state index contributed by atoms with van der Waals surface area (Å²) >= 11 is 0. The second-order valence-corrected chi connectivity index (χ2v) is 8.48. The van der Waals surface area contributed by atoms with Crippen LogP contribution in [-0.4, -0.2) is 41.5 Å². The third-order valence-electron chi connectivity index (χ3n) is 6.14. The highest BCUT2D eigenvalue weighted by Gasteiger charge is 2.28. The molecule has 1 N–H and O–H groups in total. The first-order valence-corrected chi connectivity index (χ1v) is 11.1. The van der Waals surface area contributed by atoms with Gasteiger partial charge in [-0.25, -0.2) is 4.79 Å². The van der Waals surface area contributed by atoms with Crippen LogP contribution in [0.25, 0.3) is 21.7 Å². The van der Waals surface area contributed by atoms with Crippen LogP contribution in [0.1, 0.15) is 28.5 Å². The molecule has 0 spiro atoms. The van der Waals surface area contributed by atoms with Crippen molar-refractivity contribution in [3.63, 3.8) is 0 Å². The molecule has 0 radical (unpaired) electrons. The van der Waals surface area contributed by atoms with Crippen LogP contribution in [0.15, 0.2) is 66.7 Å². The molecule has 5 rings (SSSR count). The number of para-hydroxylation sites is 1. The van der Waals surface area contributed by atoms with Crippen LogP contribution in [0, 0.1) is 0 Å². The van der Waals surface area contributed by atoms with E-state index < -0.39 is 12.1 Å². The third kappa shape index (κ3) is 4.05. The monoisotopic (exact) mass is 439 g/mol. The number of fused-ring (bicyclic) bond motifs is 3. The van der Waals surface area contributed by atoms with Gasteiger partial charge in [-0.1, -0.05) is 54.6 Å². The van der Waals surface area contributed by atoms with Crippen LogP contribution in [-0.2, 0) is 22.5 Å². The van der Waals surface area contributed by atoms with E-state index in [0.717, 1.165) is 45.9 Å². The van der Waals surface area contributed by atoms with Gasteiger partial charge in [-0.15, -0.1) is 0 Å². The molecule has 1 unspecified atom stereocenters. The average Bonchev–Trinajstić information content (AvgIpc) is 2.82. The molecule has 1 amide bonds. The maximum absolute atomic E-state index is 13.4. The number of ether oxygens (including phenoxy) is 1. The smallest absolute Gasteiger partial charge is 0.339 e. The number of pyridine rings is 1. The number of likely N-dealkylation sites (N-methyl/N-ethyl adjacent to an activating group) is 1. The number of esters is 1. The topological polar surface area (TPSA) is 71.5 Å². The van der Waals surface area contributed by atoms with Gasteiger partial charge in [-0.2, -0.15) is 0 Å². The number of nitrogens with zero attached hydrogens (tertiary/aromatic N) is 2. The molecule has 6 nitrogen and oxygen atoms in total. The van der Waals surface area contributed by atoms with Crippen LogP contribution < -0.4 is 5.32 Å². The standard InChI is InChI=1S/C27H25N3O3/c1-17(26(31)29-22-13-7-9-18-8-3-4-10-19(18)22)33-27(32)25-20-11-5-6-12-23(20)28-24-14-15-30(2)16-21(24)25/h3-13,17H,14-16H2,1-2H3,(H,29,31). The largest absolute Gasteiger partial charge is 0.449 e. The molecule has 2 heterocycles. The van der Waals surface area contributed by atoms with E-state index in [4.69, 9.17) is 9.72 Å². The average molecular weight is 440 g/mol. The molecule has 6 heteroatoms. The Morgan fingerprint density at radius 3 is 2.58 bits per heavy atom. The van der Waals surface area contributed by atoms with E-state index in [1.807, 2.05) is 73.8 Å². The number of anilines is 1. The van der Waals surface area contributed by atoms with E-state index >= 15 is 0 Å². The fraction of sp³-hybridized carbons (Fsp3) is 0.222. The van der Waals surface area contributed by atoms with Gasteiger partial charge in [0.2, 0.25) is 0 Å². The van der Waals surface area contributed by atoms with E-state index in [9.17, 15) is 9.59 Å². The van der Waals surface area contributed by atoms with Crippen molar-refractivity contribution in [2.75, 3.05) is 18.9 Å². The van der Waals surface area contributed by atoms with Crippen molar-refractivity contribution in [1.29, 1.82) is 0 Å². The Hall–Kier alpha value is -3.77. The number of amides is 1. The van der Waals surface area contributed by atoms with E-state index in [2.05, 4.69) is 10.2 Å². The summed E-state index contributed by atoms with van der Waals surface area (Å²) in [6.07, 6.45) is -0.186. The maximum Gasteiger partial charge on any atom is 0.339 e. The first-order chi connectivity index (χ1) is 16.0. The van der Waals surface area contributed by atoms with Crippen molar-refractivity contribution in [1.82, 2.24) is 9.88 Å². The van der Waals surface area contributed by atoms with E-state index in [0.29, 0.717) is 17.8 Å². The highest BCUT2D eigenvalue weighted by atomic mass is 16.5. The molecular weight excluding hydrogens is 414 g/mol. The molecule has 0 saturated heterocycles. The molecule has 1 aliphatic heterocycles. The molecule has 4 aromatic rings. The second kappa shape index (κ2) is 8.64. The lowest BCUT2D eigenvalue weighted by Gasteiger charge is -2.27. The van der Waals surface area contributed by atoms with Gasteiger partial charge in [0.25, 0.3) is 5.91 Å². The lowest BCUT2D eigenvalue weighted by atomic mass is 9.96. The van der Waals surface area contributed by atoms with E-state index in [1.165, 1.54) is 0 Å². The van der Waals surface area contributed by atoms with E-state index in [-0.39, 0.29) is 5.91 Å². The fourth-order valence-electron chi connectivity index (χ4n) is 4.40. The number of benzene rings is 3. The molecule has 1 aliphatic rings. The molecule has 0 fully saturated rings. The molecule has 0 saturated carbocycles. The summed E-state index contributed by atoms with van der Waals surface area (Å²) in [6, 6.07) is 21.1. The normalized spacial score (nSPS) is 14.6. The number of carbonyl (C=O) groups excluding carboxylic acids is 2. The quantitative estimate of drug-likeness (QED) is 0.472. The fourth-order valence-corrected chi connectivity index (χ4v) is 4.40. The SMILES string of the molecule is CC(OC(=O)c1c2c(nc3ccccc13)CCN(C)C2)C(=O)Nc1cccc2ccccc12. The zero-order valence-electron chi connectivity index (χ0n) is 18.7. The van der Waals surface area contributed by atoms with Gasteiger partial charge in [0.05, 0.1) is 11.1 Å². The minimum Gasteiger partial charge on any atom is -0.449 e. The summed E-state index contributed by atoms with van der Waals surface area (Å²) in [6.45, 7) is 3.10. The molecule has 1 aromatic heterocycles. The van der Waals surface area contributed by atoms with Crippen molar-refractivity contribution in [2.45, 2.75) is 26.0 Å². The van der Waals surface area contributed by atoms with Crippen LogP contribution in [0.3, 0.4) is 0 Å². The number of aromatic nitrogens is 1. The number of hydrogen-bond acceptors (Lipinski definition) is 5. The summed E-state index contributed by atoms with van der Waals surface area (Å²) in [4.78, 5) is 33.2. The Morgan fingerprint density at radius 1 is 1.00 bits per heavy atom. The lowest BCUT2D eigenvalue weighted by Crippen LogP contribution is -2.32. The van der Waals surface area contributed by atoms with Crippen molar-refractivity contribution in [3.8, 4) is 0 Å². The molecular formula is C27H25N3O3. The lowest BCUT2D eigenvalue weighted by molar-refractivity contribution is -0.123. The highest BCUT2D eigenvalue weighted by Crippen LogP contribution is 2.29. The number of nitrogens with one attached hydrogen (secondary N) is 1. The predicted octanol–water partition coefficient (Wildman–Crippen LogP) is 4.56. The Balaban J connectivity index is 1.42. The first-order valence-electron chi connectivity index (χ1n) is 11.1. The van der Waals surface area contributed by atoms with Crippen LogP contribution in [0.5, 0.6) is 0 Å². The molecule has 0 bridgehead atoms. The van der Waals surface area contributed by atoms with Crippen molar-refractivity contribution in [3.05, 3.63) is 83.6 Å². The van der Waals surface area contributed by atoms with Gasteiger partial charge in [0.1, 0.15) is 0 Å². The Morgan fingerprint density at radius 2 is 1.73 bits per heavy atom. The summed E-state index contributed by atoms with van der Waals surface area (Å²) in [5, 5.41) is 5.62. The van der Waals surface area contributed by atoms with Gasteiger partial charge in [0.15, 0.2) is 6.10 Å². The molecule has 33 heavy (non-hydrogen) atoms. The van der Waals surface area contributed by atoms with Crippen LogP contribution in [0.2, 0.25) is 0 Å². The second-order valence-electron chi connectivity index (χ2n) is 8.48. The summed E-state index contributed by atoms with van der Waals surface area (Å²) in [5.41, 5.74) is 3.77. The zero-order valence-corrected chi connectivity index (χ0v) is 18.7. The van der Waals surface area contributed by atoms with Crippen LogP contribution in [0.4, 0.5) is 5.69 Å². The molecule has 0 aliphatic carbocycles. The maximum atomic E-state index is 13.4. The Kier molecular flexibility index (Phi) is 5.52. The molecule has 166 valence electrons. The number of carbonyl (C=O) groups is 2. The van der Waals surface area contributed by atoms with Crippen molar-refractivity contribution < 1.29 is 14.3 Å². The predicted molar refractivity (Wildman–Crippen MR) is 129 cm³/mol. The van der Waals surface area contributed by atoms with Crippen molar-refractivity contribution in [2.24, 2.45) is 0 Å². The summed E-state index contributed by atoms with van der Waals surface area (Å²) in [7, 11) is 2.02. The van der Waals surface area contributed by atoms with Crippen LogP contribution >= 0.6 is 0 Å². The highest BCUT2D eigenvalue weighted by molar-refractivity contribution is 6.07. The minimum atomic E-state index is -0.958. The first kappa shape index (κ1) is 21.1. The van der Waals surface area contributed by atoms with Crippen molar-refractivity contribution >= 4 is 39.2 Å². The minimum absolute atomic E-state index is 0.371.